The maximum atomic E-state index is 13.8. The second-order valence-corrected chi connectivity index (χ2v) is 10.4. The number of likely N-dealkylation sites (tertiary alicyclic amines) is 1. The third kappa shape index (κ3) is 6.64. The molecule has 3 rings (SSSR count). The molecule has 1 aromatic rings. The monoisotopic (exact) mass is 490 g/mol. The van der Waals surface area contributed by atoms with Crippen LogP contribution in [0.15, 0.2) is 28.8 Å². The van der Waals surface area contributed by atoms with Crippen molar-refractivity contribution in [2.45, 2.75) is 33.2 Å². The first-order valence-electron chi connectivity index (χ1n) is 11.8. The van der Waals surface area contributed by atoms with Crippen molar-refractivity contribution >= 4 is 23.3 Å². The van der Waals surface area contributed by atoms with Crippen molar-refractivity contribution in [3.63, 3.8) is 0 Å². The van der Waals surface area contributed by atoms with E-state index in [-0.39, 0.29) is 11.6 Å². The molecule has 3 amide bonds. The van der Waals surface area contributed by atoms with E-state index < -0.39 is 29.1 Å². The number of hydrogen-bond donors (Lipinski definition) is 2. The van der Waals surface area contributed by atoms with Crippen LogP contribution >= 0.6 is 0 Å². The van der Waals surface area contributed by atoms with Crippen LogP contribution in [0.25, 0.3) is 5.70 Å². The summed E-state index contributed by atoms with van der Waals surface area (Å²) in [6.07, 6.45) is 0.455. The molecule has 1 atom stereocenters. The van der Waals surface area contributed by atoms with E-state index in [1.54, 1.807) is 4.90 Å². The smallest absolute Gasteiger partial charge is 0.341 e. The molecule has 2 aliphatic heterocycles. The molecule has 192 valence electrons. The Kier molecular flexibility index (Phi) is 8.27. The first-order chi connectivity index (χ1) is 16.4. The number of likely N-dealkylation sites (N-methyl/N-ethyl adjacent to an activating group) is 2. The van der Waals surface area contributed by atoms with Crippen LogP contribution in [0, 0.1) is 17.0 Å². The largest absolute Gasteiger partial charge is 0.398 e. The Morgan fingerprint density at radius 3 is 2.29 bits per heavy atom. The van der Waals surface area contributed by atoms with E-state index >= 15 is 0 Å². The van der Waals surface area contributed by atoms with E-state index in [2.05, 4.69) is 15.2 Å². The molecule has 2 aliphatic rings. The molecule has 0 aromatic heterocycles. The topological polar surface area (TPSA) is 94.3 Å². The summed E-state index contributed by atoms with van der Waals surface area (Å²) in [6.45, 7) is 9.55. The van der Waals surface area contributed by atoms with E-state index in [0.29, 0.717) is 49.4 Å². The van der Waals surface area contributed by atoms with Crippen molar-refractivity contribution < 1.29 is 18.4 Å². The number of nitrogens with one attached hydrogen (secondary N) is 1. The van der Waals surface area contributed by atoms with Gasteiger partial charge in [0, 0.05) is 62.5 Å². The van der Waals surface area contributed by atoms with Crippen LogP contribution in [0.1, 0.15) is 32.8 Å². The highest BCUT2D eigenvalue weighted by atomic mass is 19.2. The summed E-state index contributed by atoms with van der Waals surface area (Å²) in [5.74, 6) is -2.08. The predicted octanol–water partition coefficient (Wildman–Crippen LogP) is 2.31. The summed E-state index contributed by atoms with van der Waals surface area (Å²) >= 11 is 0. The van der Waals surface area contributed by atoms with E-state index in [9.17, 15) is 18.4 Å². The lowest BCUT2D eigenvalue weighted by Gasteiger charge is -2.38. The molecule has 1 unspecified atom stereocenters. The number of amides is 3. The Labute approximate surface area is 205 Å². The average Bonchev–Trinajstić information content (AvgIpc) is 2.79. The zero-order valence-electron chi connectivity index (χ0n) is 21.2. The summed E-state index contributed by atoms with van der Waals surface area (Å²) in [5, 5.41) is 2.82. The van der Waals surface area contributed by atoms with Crippen LogP contribution in [0.2, 0.25) is 0 Å². The third-order valence-electron chi connectivity index (χ3n) is 6.49. The number of urea groups is 1. The number of nitrogens with zero attached hydrogens (tertiary/aromatic N) is 4. The van der Waals surface area contributed by atoms with Gasteiger partial charge in [-0.2, -0.15) is 4.99 Å². The molecule has 2 fully saturated rings. The van der Waals surface area contributed by atoms with Crippen LogP contribution in [0.3, 0.4) is 0 Å². The number of piperazine rings is 1. The van der Waals surface area contributed by atoms with Crippen LogP contribution in [0.5, 0.6) is 0 Å². The van der Waals surface area contributed by atoms with Crippen LogP contribution in [-0.4, -0.2) is 91.8 Å². The fourth-order valence-electron chi connectivity index (χ4n) is 4.23. The second kappa shape index (κ2) is 10.8. The van der Waals surface area contributed by atoms with Gasteiger partial charge in [0.05, 0.1) is 5.71 Å². The Morgan fingerprint density at radius 1 is 1.03 bits per heavy atom. The van der Waals surface area contributed by atoms with Gasteiger partial charge in [0.2, 0.25) is 5.91 Å². The summed E-state index contributed by atoms with van der Waals surface area (Å²) < 4.78 is 27.2. The van der Waals surface area contributed by atoms with Crippen molar-refractivity contribution in [2.24, 2.45) is 16.1 Å². The molecule has 1 aromatic carbocycles. The molecule has 2 heterocycles. The number of halogens is 2. The Hall–Kier alpha value is -2.85. The van der Waals surface area contributed by atoms with Gasteiger partial charge in [0.1, 0.15) is 6.04 Å². The molecule has 35 heavy (non-hydrogen) atoms. The zero-order chi connectivity index (χ0) is 25.9. The number of rotatable bonds is 3. The minimum absolute atomic E-state index is 0.125. The maximum Gasteiger partial charge on any atom is 0.341 e. The molecule has 10 heteroatoms. The van der Waals surface area contributed by atoms with Gasteiger partial charge in [-0.1, -0.05) is 20.8 Å². The molecule has 0 bridgehead atoms. The zero-order valence-corrected chi connectivity index (χ0v) is 21.2. The molecule has 0 aliphatic carbocycles. The predicted molar refractivity (Wildman–Crippen MR) is 133 cm³/mol. The van der Waals surface area contributed by atoms with Gasteiger partial charge in [-0.15, -0.1) is 0 Å². The number of piperidine rings is 1. The van der Waals surface area contributed by atoms with E-state index in [1.807, 2.05) is 39.8 Å². The standard InChI is InChI=1S/C25H36F2N6O2/c1-25(2,3)22(23(34)33-12-10-31(4)11-13-33)30-24(35)29-20-8-9-32(5)15-17(20)21(28)16-6-7-18(26)19(27)14-16/h6-7,14,22H,8-13,15,28H2,1-5H3,(H,30,35). The third-order valence-corrected chi connectivity index (χ3v) is 6.49. The minimum atomic E-state index is -0.998. The number of carbonyl (C=O) groups excluding carboxylic acids is 2. The molecular weight excluding hydrogens is 454 g/mol. The first kappa shape index (κ1) is 26.7. The Bertz CT molecular complexity index is 1030. The quantitative estimate of drug-likeness (QED) is 0.678. The van der Waals surface area contributed by atoms with E-state index in [1.165, 1.54) is 6.07 Å². The average molecular weight is 491 g/mol. The molecule has 0 saturated carbocycles. The number of benzene rings is 1. The van der Waals surface area contributed by atoms with E-state index in [4.69, 9.17) is 5.73 Å². The Morgan fingerprint density at radius 2 is 1.69 bits per heavy atom. The number of hydrogen-bond acceptors (Lipinski definition) is 5. The summed E-state index contributed by atoms with van der Waals surface area (Å²) in [5.41, 5.74) is 7.42. The highest BCUT2D eigenvalue weighted by Gasteiger charge is 2.36. The second-order valence-electron chi connectivity index (χ2n) is 10.4. The highest BCUT2D eigenvalue weighted by Crippen LogP contribution is 2.24. The molecule has 0 spiro atoms. The first-order valence-corrected chi connectivity index (χ1v) is 11.8. The van der Waals surface area contributed by atoms with Crippen molar-refractivity contribution in [1.82, 2.24) is 20.0 Å². The van der Waals surface area contributed by atoms with E-state index in [0.717, 1.165) is 25.2 Å². The number of carbonyl (C=O) groups is 2. The van der Waals surface area contributed by atoms with Crippen LogP contribution in [0.4, 0.5) is 13.6 Å². The molecular formula is C25H36F2N6O2. The van der Waals surface area contributed by atoms with Gasteiger partial charge >= 0.3 is 6.03 Å². The number of nitrogens with two attached hydrogens (primary N) is 1. The van der Waals surface area contributed by atoms with Gasteiger partial charge in [-0.3, -0.25) is 4.79 Å². The van der Waals surface area contributed by atoms with Crippen LogP contribution in [-0.2, 0) is 4.79 Å². The van der Waals surface area contributed by atoms with Crippen molar-refractivity contribution in [1.29, 1.82) is 0 Å². The van der Waals surface area contributed by atoms with Gasteiger partial charge < -0.3 is 25.8 Å². The van der Waals surface area contributed by atoms with Gasteiger partial charge in [-0.05, 0) is 37.7 Å². The number of aliphatic imine (C=N–C) groups is 1. The molecule has 0 radical (unpaired) electrons. The normalized spacial score (nSPS) is 21.7. The summed E-state index contributed by atoms with van der Waals surface area (Å²) in [7, 11) is 3.92. The minimum Gasteiger partial charge on any atom is -0.398 e. The lowest BCUT2D eigenvalue weighted by Crippen LogP contribution is -2.58. The van der Waals surface area contributed by atoms with Gasteiger partial charge in [0.25, 0.3) is 0 Å². The summed E-state index contributed by atoms with van der Waals surface area (Å²) in [4.78, 5) is 36.5. The van der Waals surface area contributed by atoms with Crippen molar-refractivity contribution in [3.05, 3.63) is 41.0 Å². The fourth-order valence-corrected chi connectivity index (χ4v) is 4.23. The molecule has 3 N–H and O–H groups in total. The van der Waals surface area contributed by atoms with Crippen LogP contribution < -0.4 is 11.1 Å². The van der Waals surface area contributed by atoms with Crippen molar-refractivity contribution in [3.8, 4) is 0 Å². The van der Waals surface area contributed by atoms with Gasteiger partial charge in [0.15, 0.2) is 11.6 Å². The highest BCUT2D eigenvalue weighted by molar-refractivity contribution is 6.11. The van der Waals surface area contributed by atoms with Gasteiger partial charge in [-0.25, -0.2) is 13.6 Å². The van der Waals surface area contributed by atoms with Crippen molar-refractivity contribution in [2.75, 3.05) is 53.4 Å². The maximum absolute atomic E-state index is 13.8. The molecule has 2 saturated heterocycles. The lowest BCUT2D eigenvalue weighted by molar-refractivity contribution is -0.137. The fraction of sp³-hybridized carbons (Fsp3) is 0.560. The molecule has 8 nitrogen and oxygen atoms in total. The summed E-state index contributed by atoms with van der Waals surface area (Å²) in [6, 6.07) is 2.09. The SMILES string of the molecule is CN1CCN(C(=O)C(NC(=O)N=C2CCN(C)CC2=C(N)c2ccc(F)c(F)c2)C(C)(C)C)CC1. The lowest BCUT2D eigenvalue weighted by atomic mass is 9.85. The Balaban J connectivity index is 1.86.